The highest BCUT2D eigenvalue weighted by molar-refractivity contribution is 5.96. The Hall–Kier alpha value is -2.75. The van der Waals surface area contributed by atoms with Crippen molar-refractivity contribution in [2.24, 2.45) is 0 Å². The van der Waals surface area contributed by atoms with Crippen LogP contribution in [0.25, 0.3) is 0 Å². The van der Waals surface area contributed by atoms with Gasteiger partial charge in [0.1, 0.15) is 24.1 Å². The summed E-state index contributed by atoms with van der Waals surface area (Å²) in [5.41, 5.74) is 0.285. The molecule has 21 heavy (non-hydrogen) atoms. The summed E-state index contributed by atoms with van der Waals surface area (Å²) in [5.74, 6) is -0.249. The Kier molecular flexibility index (Phi) is 6.01. The van der Waals surface area contributed by atoms with Gasteiger partial charge in [0.2, 0.25) is 0 Å². The molecule has 0 heterocycles. The van der Waals surface area contributed by atoms with Crippen LogP contribution in [-0.4, -0.2) is 38.7 Å². The van der Waals surface area contributed by atoms with E-state index in [1.807, 2.05) is 0 Å². The lowest BCUT2D eigenvalue weighted by Crippen LogP contribution is -2.31. The van der Waals surface area contributed by atoms with Crippen molar-refractivity contribution in [3.05, 3.63) is 23.8 Å². The van der Waals surface area contributed by atoms with Crippen LogP contribution in [0.3, 0.4) is 0 Å². The lowest BCUT2D eigenvalue weighted by Gasteiger charge is -2.09. The maximum absolute atomic E-state index is 11.9. The van der Waals surface area contributed by atoms with Crippen molar-refractivity contribution in [1.29, 1.82) is 5.26 Å². The number of hydrogen-bond donors (Lipinski definition) is 1. The SMILES string of the molecule is COc1cc(OC)cc(C(=O)NCC(=O)O[C@H](C)C#N)c1. The molecule has 0 aliphatic heterocycles. The first kappa shape index (κ1) is 16.3. The van der Waals surface area contributed by atoms with Gasteiger partial charge in [-0.25, -0.2) is 0 Å². The number of nitrogens with one attached hydrogen (secondary N) is 1. The normalized spacial score (nSPS) is 11.0. The van der Waals surface area contributed by atoms with Gasteiger partial charge in [-0.3, -0.25) is 9.59 Å². The second kappa shape index (κ2) is 7.75. The van der Waals surface area contributed by atoms with Crippen LogP contribution in [0.15, 0.2) is 18.2 Å². The molecule has 7 nitrogen and oxygen atoms in total. The predicted octanol–water partition coefficient (Wildman–Crippen LogP) is 0.889. The number of amides is 1. The monoisotopic (exact) mass is 292 g/mol. The Morgan fingerprint density at radius 1 is 1.24 bits per heavy atom. The lowest BCUT2D eigenvalue weighted by molar-refractivity contribution is -0.144. The fourth-order valence-corrected chi connectivity index (χ4v) is 1.46. The average molecular weight is 292 g/mol. The van der Waals surface area contributed by atoms with Gasteiger partial charge in [0, 0.05) is 11.6 Å². The van der Waals surface area contributed by atoms with E-state index in [1.54, 1.807) is 12.1 Å². The van der Waals surface area contributed by atoms with Crippen molar-refractivity contribution in [1.82, 2.24) is 5.32 Å². The summed E-state index contributed by atoms with van der Waals surface area (Å²) in [4.78, 5) is 23.3. The van der Waals surface area contributed by atoms with Gasteiger partial charge in [0.15, 0.2) is 6.10 Å². The molecule has 1 aromatic rings. The number of nitrogens with zero attached hydrogens (tertiary/aromatic N) is 1. The first-order chi connectivity index (χ1) is 9.99. The average Bonchev–Trinajstić information content (AvgIpc) is 2.51. The highest BCUT2D eigenvalue weighted by Gasteiger charge is 2.13. The number of carbonyl (C=O) groups excluding carboxylic acids is 2. The number of methoxy groups -OCH3 is 2. The third kappa shape index (κ3) is 5.03. The van der Waals surface area contributed by atoms with E-state index in [0.29, 0.717) is 11.5 Å². The first-order valence-corrected chi connectivity index (χ1v) is 6.10. The van der Waals surface area contributed by atoms with Crippen molar-refractivity contribution in [2.45, 2.75) is 13.0 Å². The Bertz CT molecular complexity index is 543. The molecule has 7 heteroatoms. The number of ether oxygens (including phenoxy) is 3. The molecule has 0 aliphatic carbocycles. The van der Waals surface area contributed by atoms with Crippen LogP contribution in [0.4, 0.5) is 0 Å². The molecule has 0 saturated carbocycles. The van der Waals surface area contributed by atoms with E-state index in [9.17, 15) is 9.59 Å². The first-order valence-electron chi connectivity index (χ1n) is 6.10. The molecule has 1 amide bonds. The number of esters is 1. The van der Waals surface area contributed by atoms with Gasteiger partial charge in [-0.15, -0.1) is 0 Å². The van der Waals surface area contributed by atoms with Crippen LogP contribution in [-0.2, 0) is 9.53 Å². The van der Waals surface area contributed by atoms with Crippen LogP contribution in [0.1, 0.15) is 17.3 Å². The Morgan fingerprint density at radius 2 is 1.81 bits per heavy atom. The summed E-state index contributed by atoms with van der Waals surface area (Å²) in [6.07, 6.45) is -0.855. The van der Waals surface area contributed by atoms with Crippen molar-refractivity contribution in [3.63, 3.8) is 0 Å². The molecule has 0 aliphatic rings. The molecule has 1 atom stereocenters. The summed E-state index contributed by atoms with van der Waals surface area (Å²) < 4.78 is 14.8. The number of nitriles is 1. The quantitative estimate of drug-likeness (QED) is 0.782. The molecule has 0 unspecified atom stereocenters. The minimum Gasteiger partial charge on any atom is -0.497 e. The lowest BCUT2D eigenvalue weighted by atomic mass is 10.2. The van der Waals surface area contributed by atoms with E-state index in [-0.39, 0.29) is 12.1 Å². The van der Waals surface area contributed by atoms with E-state index in [2.05, 4.69) is 5.32 Å². The number of hydrogen-bond acceptors (Lipinski definition) is 6. The topological polar surface area (TPSA) is 97.7 Å². The van der Waals surface area contributed by atoms with Crippen LogP contribution in [0.5, 0.6) is 11.5 Å². The highest BCUT2D eigenvalue weighted by atomic mass is 16.5. The minimum absolute atomic E-state index is 0.285. The van der Waals surface area contributed by atoms with Gasteiger partial charge >= 0.3 is 5.97 Å². The maximum atomic E-state index is 11.9. The third-order valence-electron chi connectivity index (χ3n) is 2.50. The standard InChI is InChI=1S/C14H16N2O5/c1-9(7-15)21-13(17)8-16-14(18)10-4-11(19-2)6-12(5-10)20-3/h4-6,9H,8H2,1-3H3,(H,16,18)/t9-/m1/s1. The molecule has 0 spiro atoms. The zero-order valence-electron chi connectivity index (χ0n) is 12.0. The summed E-state index contributed by atoms with van der Waals surface area (Å²) in [6.45, 7) is 1.11. The number of benzene rings is 1. The van der Waals surface area contributed by atoms with E-state index in [4.69, 9.17) is 19.5 Å². The molecule has 1 aromatic carbocycles. The smallest absolute Gasteiger partial charge is 0.326 e. The molecular formula is C14H16N2O5. The molecule has 0 saturated heterocycles. The molecule has 0 bridgehead atoms. The number of rotatable bonds is 6. The van der Waals surface area contributed by atoms with Crippen molar-refractivity contribution < 1.29 is 23.8 Å². The van der Waals surface area contributed by atoms with Crippen molar-refractivity contribution in [2.75, 3.05) is 20.8 Å². The molecule has 1 rings (SSSR count). The Morgan fingerprint density at radius 3 is 2.29 bits per heavy atom. The fraction of sp³-hybridized carbons (Fsp3) is 0.357. The summed E-state index contributed by atoms with van der Waals surface area (Å²) in [5, 5.41) is 10.9. The van der Waals surface area contributed by atoms with E-state index >= 15 is 0 Å². The maximum Gasteiger partial charge on any atom is 0.326 e. The van der Waals surface area contributed by atoms with Crippen LogP contribution < -0.4 is 14.8 Å². The molecule has 0 aromatic heterocycles. The largest absolute Gasteiger partial charge is 0.497 e. The highest BCUT2D eigenvalue weighted by Crippen LogP contribution is 2.22. The van der Waals surface area contributed by atoms with Crippen LogP contribution in [0, 0.1) is 11.3 Å². The van der Waals surface area contributed by atoms with E-state index < -0.39 is 18.0 Å². The van der Waals surface area contributed by atoms with E-state index in [0.717, 1.165) is 0 Å². The van der Waals surface area contributed by atoms with Crippen LogP contribution in [0.2, 0.25) is 0 Å². The zero-order valence-corrected chi connectivity index (χ0v) is 12.0. The minimum atomic E-state index is -0.855. The van der Waals surface area contributed by atoms with Crippen molar-refractivity contribution in [3.8, 4) is 17.6 Å². The van der Waals surface area contributed by atoms with Gasteiger partial charge in [0.25, 0.3) is 5.91 Å². The van der Waals surface area contributed by atoms with E-state index in [1.165, 1.54) is 33.3 Å². The van der Waals surface area contributed by atoms with Crippen molar-refractivity contribution >= 4 is 11.9 Å². The molecule has 0 fully saturated rings. The van der Waals surface area contributed by atoms with Gasteiger partial charge in [-0.2, -0.15) is 5.26 Å². The Labute approximate surface area is 122 Å². The number of carbonyl (C=O) groups is 2. The summed E-state index contributed by atoms with van der Waals surface area (Å²) in [7, 11) is 2.94. The van der Waals surface area contributed by atoms with Crippen LogP contribution >= 0.6 is 0 Å². The van der Waals surface area contributed by atoms with Gasteiger partial charge in [-0.05, 0) is 19.1 Å². The molecular weight excluding hydrogens is 276 g/mol. The van der Waals surface area contributed by atoms with Gasteiger partial charge < -0.3 is 19.5 Å². The molecule has 112 valence electrons. The Balaban J connectivity index is 2.68. The predicted molar refractivity (Wildman–Crippen MR) is 73.0 cm³/mol. The summed E-state index contributed by atoms with van der Waals surface area (Å²) in [6, 6.07) is 6.41. The van der Waals surface area contributed by atoms with Gasteiger partial charge in [-0.1, -0.05) is 0 Å². The second-order valence-electron chi connectivity index (χ2n) is 4.05. The fourth-order valence-electron chi connectivity index (χ4n) is 1.46. The van der Waals surface area contributed by atoms with Gasteiger partial charge in [0.05, 0.1) is 14.2 Å². The summed E-state index contributed by atoms with van der Waals surface area (Å²) >= 11 is 0. The zero-order chi connectivity index (χ0) is 15.8. The molecule has 0 radical (unpaired) electrons. The second-order valence-corrected chi connectivity index (χ2v) is 4.05. The molecule has 1 N–H and O–H groups in total. The third-order valence-corrected chi connectivity index (χ3v) is 2.50.